The van der Waals surface area contributed by atoms with E-state index in [-0.39, 0.29) is 5.41 Å². The fourth-order valence-corrected chi connectivity index (χ4v) is 4.83. The molecule has 23 heavy (non-hydrogen) atoms. The lowest BCUT2D eigenvalue weighted by Gasteiger charge is -2.49. The highest BCUT2D eigenvalue weighted by molar-refractivity contribution is 6.65. The van der Waals surface area contributed by atoms with Crippen LogP contribution in [0.3, 0.4) is 0 Å². The maximum atomic E-state index is 5.87. The van der Waals surface area contributed by atoms with Gasteiger partial charge in [-0.25, -0.2) is 0 Å². The van der Waals surface area contributed by atoms with Crippen molar-refractivity contribution in [1.82, 2.24) is 0 Å². The predicted octanol–water partition coefficient (Wildman–Crippen LogP) is 5.65. The third kappa shape index (κ3) is 4.93. The van der Waals surface area contributed by atoms with Crippen LogP contribution in [0.25, 0.3) is 0 Å². The van der Waals surface area contributed by atoms with E-state index in [1.165, 1.54) is 24.8 Å². The first-order valence-corrected chi connectivity index (χ1v) is 9.10. The molecule has 0 radical (unpaired) electrons. The summed E-state index contributed by atoms with van der Waals surface area (Å²) in [5.41, 5.74) is 1.75. The molecule has 128 valence electrons. The summed E-state index contributed by atoms with van der Waals surface area (Å²) in [7, 11) is 0. The van der Waals surface area contributed by atoms with Gasteiger partial charge in [0.2, 0.25) is 0 Å². The summed E-state index contributed by atoms with van der Waals surface area (Å²) in [5, 5.41) is 0. The minimum Gasteiger partial charge on any atom is -0.499 e. The highest BCUT2D eigenvalue weighted by Crippen LogP contribution is 2.55. The average Bonchev–Trinajstić information content (AvgIpc) is 2.34. The molecule has 0 aromatic rings. The zero-order valence-corrected chi connectivity index (χ0v) is 15.7. The minimum atomic E-state index is 0.247. The molecule has 1 fully saturated rings. The molecule has 0 amide bonds. The van der Waals surface area contributed by atoms with Gasteiger partial charge in [-0.3, -0.25) is 0 Å². The van der Waals surface area contributed by atoms with Crippen molar-refractivity contribution >= 4 is 6.71 Å². The minimum absolute atomic E-state index is 0.247. The smallest absolute Gasteiger partial charge is 0.172 e. The van der Waals surface area contributed by atoms with Gasteiger partial charge in [0.1, 0.15) is 0 Å². The van der Waals surface area contributed by atoms with Crippen LogP contribution in [0.2, 0.25) is 12.6 Å². The summed E-state index contributed by atoms with van der Waals surface area (Å²) in [6.45, 7) is 17.1. The van der Waals surface area contributed by atoms with Crippen LogP contribution in [0.5, 0.6) is 0 Å². The maximum Gasteiger partial charge on any atom is 0.172 e. The molecule has 0 N–H and O–H groups in total. The number of fused-ring (bicyclic) bond motifs is 2. The zero-order chi connectivity index (χ0) is 17.1. The Kier molecular flexibility index (Phi) is 5.70. The van der Waals surface area contributed by atoms with Gasteiger partial charge in [0.15, 0.2) is 6.71 Å². The van der Waals surface area contributed by atoms with Crippen LogP contribution in [0.1, 0.15) is 53.9 Å². The molecule has 0 aromatic carbocycles. The first kappa shape index (κ1) is 18.2. The molecule has 1 aliphatic heterocycles. The molecular formula is C20H33BO2. The lowest BCUT2D eigenvalue weighted by atomic mass is 9.31. The summed E-state index contributed by atoms with van der Waals surface area (Å²) in [6, 6.07) is 0. The first-order chi connectivity index (χ1) is 10.8. The Morgan fingerprint density at radius 2 is 2.04 bits per heavy atom. The number of ether oxygens (including phenoxy) is 2. The zero-order valence-electron chi connectivity index (χ0n) is 15.7. The highest BCUT2D eigenvalue weighted by atomic mass is 16.5. The first-order valence-electron chi connectivity index (χ1n) is 9.10. The van der Waals surface area contributed by atoms with Crippen LogP contribution in [-0.2, 0) is 9.47 Å². The number of hydrogen-bond acceptors (Lipinski definition) is 2. The fraction of sp³-hybridized carbons (Fsp3) is 0.700. The third-order valence-corrected chi connectivity index (χ3v) is 4.98. The molecule has 2 rings (SSSR count). The molecule has 1 saturated heterocycles. The second kappa shape index (κ2) is 7.19. The summed E-state index contributed by atoms with van der Waals surface area (Å²) in [6.07, 6.45) is 8.01. The van der Waals surface area contributed by atoms with Gasteiger partial charge in [-0.15, -0.1) is 0 Å². The second-order valence-electron chi connectivity index (χ2n) is 8.23. The van der Waals surface area contributed by atoms with Crippen LogP contribution in [0.15, 0.2) is 35.7 Å². The molecule has 1 aliphatic carbocycles. The normalized spacial score (nSPS) is 30.7. The number of rotatable bonds is 7. The molecule has 2 aliphatic rings. The van der Waals surface area contributed by atoms with Crippen LogP contribution >= 0.6 is 0 Å². The molecule has 2 nitrogen and oxygen atoms in total. The van der Waals surface area contributed by atoms with E-state index in [4.69, 9.17) is 9.47 Å². The van der Waals surface area contributed by atoms with Gasteiger partial charge in [-0.1, -0.05) is 44.6 Å². The van der Waals surface area contributed by atoms with Crippen molar-refractivity contribution in [2.75, 3.05) is 13.2 Å². The second-order valence-corrected chi connectivity index (χ2v) is 8.23. The van der Waals surface area contributed by atoms with Crippen LogP contribution < -0.4 is 0 Å². The SMILES string of the molecule is C=C(C)C/C(=C\B1CC2(C)C=C(OCC)CC(C)(C1)C2)OCC. The maximum absolute atomic E-state index is 5.87. The molecule has 0 spiro atoms. The van der Waals surface area contributed by atoms with Gasteiger partial charge in [0, 0.05) is 12.8 Å². The Morgan fingerprint density at radius 3 is 2.61 bits per heavy atom. The van der Waals surface area contributed by atoms with Crippen molar-refractivity contribution in [1.29, 1.82) is 0 Å². The fourth-order valence-electron chi connectivity index (χ4n) is 4.83. The van der Waals surface area contributed by atoms with Crippen molar-refractivity contribution in [3.8, 4) is 0 Å². The van der Waals surface area contributed by atoms with Crippen molar-refractivity contribution in [2.45, 2.75) is 66.5 Å². The topological polar surface area (TPSA) is 18.5 Å². The standard InChI is InChI=1S/C20H33BO2/c1-7-22-17(9-16(3)4)12-21-14-19(5)10-18(23-8-2)11-20(6,13-19)15-21/h10,12H,3,7-9,11,13-15H2,1-2,4-6H3/b17-12+. The Morgan fingerprint density at radius 1 is 1.30 bits per heavy atom. The van der Waals surface area contributed by atoms with E-state index in [0.717, 1.165) is 37.4 Å². The van der Waals surface area contributed by atoms with Crippen molar-refractivity contribution in [3.63, 3.8) is 0 Å². The van der Waals surface area contributed by atoms with E-state index in [1.54, 1.807) is 0 Å². The largest absolute Gasteiger partial charge is 0.499 e. The summed E-state index contributed by atoms with van der Waals surface area (Å²) < 4.78 is 11.7. The van der Waals surface area contributed by atoms with Crippen LogP contribution in [0, 0.1) is 10.8 Å². The average molecular weight is 316 g/mol. The highest BCUT2D eigenvalue weighted by Gasteiger charge is 2.47. The van der Waals surface area contributed by atoms with E-state index in [9.17, 15) is 0 Å². The molecule has 1 heterocycles. The van der Waals surface area contributed by atoms with Gasteiger partial charge in [0.25, 0.3) is 0 Å². The molecule has 2 unspecified atom stereocenters. The van der Waals surface area contributed by atoms with Crippen LogP contribution in [0.4, 0.5) is 0 Å². The number of hydrogen-bond donors (Lipinski definition) is 0. The van der Waals surface area contributed by atoms with E-state index in [1.807, 2.05) is 0 Å². The third-order valence-electron chi connectivity index (χ3n) is 4.98. The van der Waals surface area contributed by atoms with Crippen molar-refractivity contribution < 1.29 is 9.47 Å². The Balaban J connectivity index is 2.20. The molecule has 3 heteroatoms. The van der Waals surface area contributed by atoms with Gasteiger partial charge in [-0.05, 0) is 44.1 Å². The molecule has 0 aromatic heterocycles. The van der Waals surface area contributed by atoms with E-state index in [2.05, 4.69) is 53.2 Å². The van der Waals surface area contributed by atoms with Gasteiger partial charge < -0.3 is 9.47 Å². The molecule has 2 bridgehead atoms. The quantitative estimate of drug-likeness (QED) is 0.343. The van der Waals surface area contributed by atoms with Crippen molar-refractivity contribution in [2.24, 2.45) is 10.8 Å². The van der Waals surface area contributed by atoms with E-state index in [0.29, 0.717) is 12.1 Å². The predicted molar refractivity (Wildman–Crippen MR) is 99.7 cm³/mol. The Labute approximate surface area is 143 Å². The van der Waals surface area contributed by atoms with Gasteiger partial charge in [0.05, 0.1) is 24.7 Å². The molecular weight excluding hydrogens is 283 g/mol. The van der Waals surface area contributed by atoms with Gasteiger partial charge in [-0.2, -0.15) is 0 Å². The lowest BCUT2D eigenvalue weighted by Crippen LogP contribution is -2.42. The van der Waals surface area contributed by atoms with Crippen molar-refractivity contribution in [3.05, 3.63) is 35.7 Å². The molecule has 2 atom stereocenters. The Hall–Kier alpha value is -1.12. The number of allylic oxidation sites excluding steroid dienone is 3. The monoisotopic (exact) mass is 316 g/mol. The van der Waals surface area contributed by atoms with E-state index >= 15 is 0 Å². The lowest BCUT2D eigenvalue weighted by molar-refractivity contribution is 0.122. The summed E-state index contributed by atoms with van der Waals surface area (Å²) in [4.78, 5) is 0. The summed E-state index contributed by atoms with van der Waals surface area (Å²) in [5.74, 6) is 4.69. The van der Waals surface area contributed by atoms with E-state index < -0.39 is 0 Å². The molecule has 0 saturated carbocycles. The summed E-state index contributed by atoms with van der Waals surface area (Å²) >= 11 is 0. The van der Waals surface area contributed by atoms with Crippen LogP contribution in [-0.4, -0.2) is 19.9 Å². The Bertz CT molecular complexity index is 508. The van der Waals surface area contributed by atoms with Gasteiger partial charge >= 0.3 is 0 Å².